The predicted molar refractivity (Wildman–Crippen MR) is 86.4 cm³/mol. The topological polar surface area (TPSA) is 74.6 Å². The SMILES string of the molecule is CN=C(NCc1cnn(C)c1)NC1CCN(C(=O)C(C)C)C1. The summed E-state index contributed by atoms with van der Waals surface area (Å²) >= 11 is 0. The first-order valence-corrected chi connectivity index (χ1v) is 7.73. The first kappa shape index (κ1) is 16.3. The monoisotopic (exact) mass is 306 g/mol. The molecule has 0 spiro atoms. The Morgan fingerprint density at radius 1 is 1.55 bits per heavy atom. The maximum atomic E-state index is 12.0. The number of carbonyl (C=O) groups is 1. The maximum Gasteiger partial charge on any atom is 0.225 e. The van der Waals surface area contributed by atoms with Crippen molar-refractivity contribution in [3.63, 3.8) is 0 Å². The van der Waals surface area contributed by atoms with E-state index in [-0.39, 0.29) is 17.9 Å². The molecule has 0 radical (unpaired) electrons. The zero-order chi connectivity index (χ0) is 16.1. The minimum atomic E-state index is 0.0572. The Balaban J connectivity index is 1.80. The van der Waals surface area contributed by atoms with E-state index in [1.165, 1.54) is 0 Å². The van der Waals surface area contributed by atoms with E-state index >= 15 is 0 Å². The third-order valence-electron chi connectivity index (χ3n) is 3.78. The number of nitrogens with one attached hydrogen (secondary N) is 2. The normalized spacial score (nSPS) is 18.9. The highest BCUT2D eigenvalue weighted by Gasteiger charge is 2.27. The van der Waals surface area contributed by atoms with E-state index in [1.54, 1.807) is 11.7 Å². The summed E-state index contributed by atoms with van der Waals surface area (Å²) in [6.07, 6.45) is 4.75. The van der Waals surface area contributed by atoms with Crippen molar-refractivity contribution < 1.29 is 4.79 Å². The molecule has 1 atom stereocenters. The number of aromatic nitrogens is 2. The van der Waals surface area contributed by atoms with Crippen molar-refractivity contribution in [3.05, 3.63) is 18.0 Å². The molecule has 1 aromatic rings. The van der Waals surface area contributed by atoms with E-state index < -0.39 is 0 Å². The lowest BCUT2D eigenvalue weighted by Gasteiger charge is -2.20. The molecule has 1 aliphatic heterocycles. The molecule has 0 aromatic carbocycles. The summed E-state index contributed by atoms with van der Waals surface area (Å²) in [5.74, 6) is 1.04. The van der Waals surface area contributed by atoms with E-state index in [9.17, 15) is 4.79 Å². The molecule has 22 heavy (non-hydrogen) atoms. The van der Waals surface area contributed by atoms with Gasteiger partial charge < -0.3 is 15.5 Å². The van der Waals surface area contributed by atoms with Crippen molar-refractivity contribution in [2.45, 2.75) is 32.9 Å². The quantitative estimate of drug-likeness (QED) is 0.621. The Morgan fingerprint density at radius 2 is 2.32 bits per heavy atom. The van der Waals surface area contributed by atoms with Crippen molar-refractivity contribution in [2.24, 2.45) is 18.0 Å². The van der Waals surface area contributed by atoms with Crippen molar-refractivity contribution >= 4 is 11.9 Å². The van der Waals surface area contributed by atoms with Gasteiger partial charge in [-0.15, -0.1) is 0 Å². The van der Waals surface area contributed by atoms with Crippen LogP contribution in [0, 0.1) is 5.92 Å². The highest BCUT2D eigenvalue weighted by atomic mass is 16.2. The second kappa shape index (κ2) is 7.29. The van der Waals surface area contributed by atoms with Crippen LogP contribution in [0.25, 0.3) is 0 Å². The lowest BCUT2D eigenvalue weighted by Crippen LogP contribution is -2.45. The minimum Gasteiger partial charge on any atom is -0.352 e. The summed E-state index contributed by atoms with van der Waals surface area (Å²) in [4.78, 5) is 18.2. The molecule has 2 rings (SSSR count). The first-order valence-electron chi connectivity index (χ1n) is 7.73. The van der Waals surface area contributed by atoms with Crippen LogP contribution in [0.3, 0.4) is 0 Å². The third kappa shape index (κ3) is 4.22. The smallest absolute Gasteiger partial charge is 0.225 e. The molecule has 1 aliphatic rings. The molecule has 0 saturated carbocycles. The number of carbonyl (C=O) groups excluding carboxylic acids is 1. The number of aryl methyl sites for hydroxylation is 1. The summed E-state index contributed by atoms with van der Waals surface area (Å²) in [7, 11) is 3.65. The van der Waals surface area contributed by atoms with Gasteiger partial charge in [-0.05, 0) is 6.42 Å². The van der Waals surface area contributed by atoms with Gasteiger partial charge >= 0.3 is 0 Å². The lowest BCUT2D eigenvalue weighted by atomic mass is 10.2. The molecule has 0 aliphatic carbocycles. The zero-order valence-electron chi connectivity index (χ0n) is 13.8. The highest BCUT2D eigenvalue weighted by Crippen LogP contribution is 2.12. The fourth-order valence-corrected chi connectivity index (χ4v) is 2.58. The number of nitrogens with zero attached hydrogens (tertiary/aromatic N) is 4. The molecule has 1 amide bonds. The minimum absolute atomic E-state index is 0.0572. The van der Waals surface area contributed by atoms with Gasteiger partial charge in [-0.25, -0.2) is 0 Å². The molecule has 1 fully saturated rings. The van der Waals surface area contributed by atoms with Crippen LogP contribution in [-0.4, -0.2) is 52.7 Å². The van der Waals surface area contributed by atoms with Crippen LogP contribution in [0.2, 0.25) is 0 Å². The number of aliphatic imine (C=N–C) groups is 1. The zero-order valence-corrected chi connectivity index (χ0v) is 13.8. The molecule has 0 bridgehead atoms. The number of amides is 1. The molecule has 7 nitrogen and oxygen atoms in total. The van der Waals surface area contributed by atoms with Crippen molar-refractivity contribution in [1.29, 1.82) is 0 Å². The number of guanidine groups is 1. The van der Waals surface area contributed by atoms with Crippen LogP contribution in [0.5, 0.6) is 0 Å². The Labute approximate surface area is 131 Å². The van der Waals surface area contributed by atoms with E-state index in [0.717, 1.165) is 31.0 Å². The summed E-state index contributed by atoms with van der Waals surface area (Å²) in [5.41, 5.74) is 1.11. The Bertz CT molecular complexity index is 536. The number of hydrogen-bond donors (Lipinski definition) is 2. The third-order valence-corrected chi connectivity index (χ3v) is 3.78. The molecule has 1 saturated heterocycles. The van der Waals surface area contributed by atoms with Crippen LogP contribution in [0.1, 0.15) is 25.8 Å². The standard InChI is InChI=1S/C15H26N6O/c1-11(2)14(22)21-6-5-13(10-21)19-15(16-3)17-7-12-8-18-20(4)9-12/h8-9,11,13H,5-7,10H2,1-4H3,(H2,16,17,19). The van der Waals surface area contributed by atoms with Gasteiger partial charge in [-0.3, -0.25) is 14.5 Å². The Morgan fingerprint density at radius 3 is 2.91 bits per heavy atom. The average Bonchev–Trinajstić information content (AvgIpc) is 3.11. The van der Waals surface area contributed by atoms with E-state index in [1.807, 2.05) is 38.2 Å². The molecule has 2 N–H and O–H groups in total. The maximum absolute atomic E-state index is 12.0. The molecule has 2 heterocycles. The van der Waals surface area contributed by atoms with Gasteiger partial charge in [0.05, 0.1) is 6.20 Å². The van der Waals surface area contributed by atoms with Crippen LogP contribution in [-0.2, 0) is 18.4 Å². The van der Waals surface area contributed by atoms with Gasteiger partial charge in [0.25, 0.3) is 0 Å². The van der Waals surface area contributed by atoms with Gasteiger partial charge in [-0.2, -0.15) is 5.10 Å². The molecular formula is C15H26N6O. The van der Waals surface area contributed by atoms with Crippen molar-refractivity contribution in [2.75, 3.05) is 20.1 Å². The molecule has 7 heteroatoms. The lowest BCUT2D eigenvalue weighted by molar-refractivity contribution is -0.133. The summed E-state index contributed by atoms with van der Waals surface area (Å²) in [6.45, 7) is 6.11. The van der Waals surface area contributed by atoms with E-state index in [4.69, 9.17) is 0 Å². The second-order valence-corrected chi connectivity index (χ2v) is 6.02. The highest BCUT2D eigenvalue weighted by molar-refractivity contribution is 5.81. The van der Waals surface area contributed by atoms with Crippen molar-refractivity contribution in [1.82, 2.24) is 25.3 Å². The summed E-state index contributed by atoms with van der Waals surface area (Å²) in [6, 6.07) is 0.253. The molecule has 122 valence electrons. The fourth-order valence-electron chi connectivity index (χ4n) is 2.58. The fraction of sp³-hybridized carbons (Fsp3) is 0.667. The van der Waals surface area contributed by atoms with Gasteiger partial charge in [0.2, 0.25) is 5.91 Å². The molecule has 1 aromatic heterocycles. The Kier molecular flexibility index (Phi) is 5.41. The Hall–Kier alpha value is -2.05. The van der Waals surface area contributed by atoms with Gasteiger partial charge in [0.1, 0.15) is 0 Å². The van der Waals surface area contributed by atoms with Gasteiger partial charge in [-0.1, -0.05) is 13.8 Å². The van der Waals surface area contributed by atoms with Crippen LogP contribution in [0.4, 0.5) is 0 Å². The second-order valence-electron chi connectivity index (χ2n) is 6.02. The summed E-state index contributed by atoms with van der Waals surface area (Å²) < 4.78 is 1.78. The van der Waals surface area contributed by atoms with Gasteiger partial charge in [0, 0.05) is 57.4 Å². The van der Waals surface area contributed by atoms with E-state index in [0.29, 0.717) is 6.54 Å². The number of likely N-dealkylation sites (tertiary alicyclic amines) is 1. The predicted octanol–water partition coefficient (Wildman–Crippen LogP) is 0.342. The van der Waals surface area contributed by atoms with Crippen LogP contribution < -0.4 is 10.6 Å². The largest absolute Gasteiger partial charge is 0.352 e. The van der Waals surface area contributed by atoms with Crippen LogP contribution >= 0.6 is 0 Å². The number of hydrogen-bond acceptors (Lipinski definition) is 3. The first-order chi connectivity index (χ1) is 10.5. The number of rotatable bonds is 4. The van der Waals surface area contributed by atoms with Crippen LogP contribution in [0.15, 0.2) is 17.4 Å². The molecular weight excluding hydrogens is 280 g/mol. The average molecular weight is 306 g/mol. The van der Waals surface area contributed by atoms with Crippen molar-refractivity contribution in [3.8, 4) is 0 Å². The molecule has 1 unspecified atom stereocenters. The summed E-state index contributed by atoms with van der Waals surface area (Å²) in [5, 5.41) is 10.8. The van der Waals surface area contributed by atoms with Gasteiger partial charge in [0.15, 0.2) is 5.96 Å². The van der Waals surface area contributed by atoms with E-state index in [2.05, 4.69) is 20.7 Å².